The van der Waals surface area contributed by atoms with Crippen LogP contribution in [0.2, 0.25) is 0 Å². The number of rotatable bonds is 11. The van der Waals surface area contributed by atoms with Crippen LogP contribution in [0.4, 0.5) is 0 Å². The van der Waals surface area contributed by atoms with Crippen LogP contribution in [-0.2, 0) is 0 Å². The van der Waals surface area contributed by atoms with Gasteiger partial charge in [-0.15, -0.1) is 0 Å². The molecule has 0 aromatic rings. The fraction of sp³-hybridized carbons (Fsp3) is 1.00. The van der Waals surface area contributed by atoms with E-state index in [4.69, 9.17) is 0 Å². The van der Waals surface area contributed by atoms with Crippen LogP contribution in [0.3, 0.4) is 0 Å². The van der Waals surface area contributed by atoms with E-state index >= 15 is 0 Å². The molecule has 0 unspecified atom stereocenters. The zero-order chi connectivity index (χ0) is 13.2. The van der Waals surface area contributed by atoms with Crippen molar-refractivity contribution in [2.45, 2.75) is 72.1 Å². The molecule has 0 heterocycles. The molecule has 0 spiro atoms. The van der Waals surface area contributed by atoms with Crippen LogP contribution in [0.15, 0.2) is 0 Å². The zero-order valence-electron chi connectivity index (χ0n) is 12.1. The van der Waals surface area contributed by atoms with E-state index in [-0.39, 0.29) is 0 Å². The van der Waals surface area contributed by atoms with E-state index in [1.54, 1.807) is 0 Å². The van der Waals surface area contributed by atoms with Crippen molar-refractivity contribution in [3.05, 3.63) is 0 Å². The molecule has 0 aliphatic rings. The molecule has 0 aliphatic carbocycles. The van der Waals surface area contributed by atoms with Gasteiger partial charge in [0.15, 0.2) is 0 Å². The maximum atomic E-state index is 10.3. The molecule has 3 heteroatoms. The maximum absolute atomic E-state index is 10.3. The van der Waals surface area contributed by atoms with Crippen molar-refractivity contribution < 1.29 is 9.79 Å². The van der Waals surface area contributed by atoms with Crippen LogP contribution in [0.1, 0.15) is 72.1 Å². The van der Waals surface area contributed by atoms with E-state index in [2.05, 4.69) is 6.92 Å². The monoisotopic (exact) mass is 264 g/mol. The Morgan fingerprint density at radius 2 is 1.06 bits per heavy atom. The van der Waals surface area contributed by atoms with E-state index in [0.717, 1.165) is 12.8 Å². The average molecular weight is 264 g/mol. The van der Waals surface area contributed by atoms with Crippen LogP contribution in [0.25, 0.3) is 0 Å². The summed E-state index contributed by atoms with van der Waals surface area (Å²) in [6, 6.07) is 0. The molecule has 0 saturated heterocycles. The van der Waals surface area contributed by atoms with E-state index in [0.29, 0.717) is 18.5 Å². The van der Waals surface area contributed by atoms with Gasteiger partial charge in [0.25, 0.3) is 0 Å². The Labute approximate surface area is 108 Å². The van der Waals surface area contributed by atoms with Gasteiger partial charge < -0.3 is 0 Å². The summed E-state index contributed by atoms with van der Waals surface area (Å²) in [5.74, 6) is 0. The molecule has 0 aliphatic heterocycles. The van der Waals surface area contributed by atoms with Gasteiger partial charge in [-0.25, -0.2) is 0 Å². The Balaban J connectivity index is 3.51. The summed E-state index contributed by atoms with van der Waals surface area (Å²) in [6.07, 6.45) is 11.8. The summed E-state index contributed by atoms with van der Waals surface area (Å²) in [5, 5.41) is 0. The summed E-state index contributed by atoms with van der Waals surface area (Å²) in [4.78, 5) is 20.5. The molecule has 0 bridgehead atoms. The summed E-state index contributed by atoms with van der Waals surface area (Å²) in [5.41, 5.74) is 0. The fourth-order valence-electron chi connectivity index (χ4n) is 2.15. The Bertz CT molecular complexity index is 185. The normalized spacial score (nSPS) is 14.5. The van der Waals surface area contributed by atoms with Crippen molar-refractivity contribution in [3.8, 4) is 0 Å². The first-order valence-electron chi connectivity index (χ1n) is 7.47. The van der Waals surface area contributed by atoms with Crippen LogP contribution in [0, 0.1) is 0 Å². The van der Waals surface area contributed by atoms with Gasteiger partial charge in [0.1, 0.15) is 0 Å². The van der Waals surface area contributed by atoms with Gasteiger partial charge in [0.2, 0.25) is 0 Å². The number of hydrogen-bond acceptors (Lipinski definition) is 2. The number of unbranched alkanes of at least 4 members (excludes halogenated alkanes) is 7. The quantitative estimate of drug-likeness (QED) is 0.425. The van der Waals surface area contributed by atoms with E-state index in [1.807, 2.05) is 13.8 Å². The minimum absolute atomic E-state index is 0.554. The second-order valence-corrected chi connectivity index (χ2v) is 10.4. The van der Waals surface area contributed by atoms with Gasteiger partial charge in [0, 0.05) is 0 Å². The molecule has 2 nitrogen and oxygen atoms in total. The van der Waals surface area contributed by atoms with Gasteiger partial charge in [0.05, 0.1) is 0 Å². The molecule has 0 radical (unpaired) electrons. The van der Waals surface area contributed by atoms with E-state index in [1.165, 1.54) is 38.5 Å². The molecular formula is C14H33O2P. The zero-order valence-corrected chi connectivity index (χ0v) is 13.0. The summed E-state index contributed by atoms with van der Waals surface area (Å²) in [7, 11) is -3.24. The second-order valence-electron chi connectivity index (χ2n) is 5.44. The Hall–Kier alpha value is 0.350. The third kappa shape index (κ3) is 8.13. The molecule has 0 rings (SSSR count). The third-order valence-corrected chi connectivity index (χ3v) is 8.26. The van der Waals surface area contributed by atoms with Gasteiger partial charge in [-0.3, -0.25) is 0 Å². The first-order valence-corrected chi connectivity index (χ1v) is 10.2. The molecule has 0 fully saturated rings. The molecule has 0 amide bonds. The Kier molecular flexibility index (Phi) is 8.63. The Morgan fingerprint density at radius 3 is 1.47 bits per heavy atom. The van der Waals surface area contributed by atoms with Crippen molar-refractivity contribution in [2.24, 2.45) is 0 Å². The molecule has 0 aromatic heterocycles. The van der Waals surface area contributed by atoms with Crippen molar-refractivity contribution in [2.75, 3.05) is 18.5 Å². The fourth-order valence-corrected chi connectivity index (χ4v) is 4.18. The van der Waals surface area contributed by atoms with Gasteiger partial charge in [-0.05, 0) is 0 Å². The van der Waals surface area contributed by atoms with Gasteiger partial charge >= 0.3 is 107 Å². The average Bonchev–Trinajstić information content (AvgIpc) is 2.33. The summed E-state index contributed by atoms with van der Waals surface area (Å²) < 4.78 is 0. The van der Waals surface area contributed by atoms with Gasteiger partial charge in [-0.1, -0.05) is 0 Å². The van der Waals surface area contributed by atoms with Crippen molar-refractivity contribution in [1.29, 1.82) is 0 Å². The summed E-state index contributed by atoms with van der Waals surface area (Å²) >= 11 is 0. The molecule has 2 N–H and O–H groups in total. The van der Waals surface area contributed by atoms with Crippen molar-refractivity contribution in [1.82, 2.24) is 0 Å². The minimum atomic E-state index is -3.24. The first kappa shape index (κ1) is 17.4. The molecular weight excluding hydrogens is 231 g/mol. The van der Waals surface area contributed by atoms with Gasteiger partial charge in [-0.2, -0.15) is 0 Å². The predicted octanol–water partition coefficient (Wildman–Crippen LogP) is 4.53. The standard InChI is InChI=1S/C14H33O2P/c1-4-7-8-9-10-11-12-13-14-17(15,16,5-2)6-3/h15-16H,4-14H2,1-3H3. The second kappa shape index (κ2) is 8.45. The SMILES string of the molecule is CCCCCCCCCCP(O)(O)(CC)CC. The molecule has 106 valence electrons. The van der Waals surface area contributed by atoms with E-state index < -0.39 is 7.06 Å². The van der Waals surface area contributed by atoms with Crippen LogP contribution in [0.5, 0.6) is 0 Å². The molecule has 0 aromatic carbocycles. The topological polar surface area (TPSA) is 40.5 Å². The molecule has 17 heavy (non-hydrogen) atoms. The Morgan fingerprint density at radius 1 is 0.647 bits per heavy atom. The predicted molar refractivity (Wildman–Crippen MR) is 79.9 cm³/mol. The third-order valence-electron chi connectivity index (χ3n) is 3.99. The number of hydrogen-bond donors (Lipinski definition) is 2. The summed E-state index contributed by atoms with van der Waals surface area (Å²) in [6.45, 7) is 6.06. The first-order chi connectivity index (χ1) is 7.96. The van der Waals surface area contributed by atoms with Crippen molar-refractivity contribution >= 4 is 7.06 Å². The van der Waals surface area contributed by atoms with Crippen LogP contribution < -0.4 is 0 Å². The van der Waals surface area contributed by atoms with Crippen LogP contribution >= 0.6 is 7.06 Å². The van der Waals surface area contributed by atoms with Crippen LogP contribution in [-0.4, -0.2) is 28.3 Å². The van der Waals surface area contributed by atoms with Crippen molar-refractivity contribution in [3.63, 3.8) is 0 Å². The van der Waals surface area contributed by atoms with E-state index in [9.17, 15) is 9.79 Å². The molecule has 0 atom stereocenters. The molecule has 0 saturated carbocycles.